The fraction of sp³-hybridized carbons (Fsp3) is 0.167. The number of allylic oxidation sites excluding steroid dienone is 1. The van der Waals surface area contributed by atoms with E-state index in [0.717, 1.165) is 5.56 Å². The van der Waals surface area contributed by atoms with Gasteiger partial charge in [-0.25, -0.2) is 4.79 Å². The van der Waals surface area contributed by atoms with Gasteiger partial charge in [-0.05, 0) is 36.2 Å². The van der Waals surface area contributed by atoms with E-state index in [2.05, 4.69) is 6.58 Å². The number of benzene rings is 2. The second kappa shape index (κ2) is 8.49. The summed E-state index contributed by atoms with van der Waals surface area (Å²) in [5.41, 5.74) is 0.924. The highest BCUT2D eigenvalue weighted by Crippen LogP contribution is 2.28. The Balaban J connectivity index is 1.95. The number of ether oxygens (including phenoxy) is 3. The molecule has 0 saturated carbocycles. The fourth-order valence-corrected chi connectivity index (χ4v) is 2.05. The van der Waals surface area contributed by atoms with Crippen molar-refractivity contribution in [1.82, 2.24) is 0 Å². The van der Waals surface area contributed by atoms with E-state index in [4.69, 9.17) is 14.2 Å². The van der Waals surface area contributed by atoms with Gasteiger partial charge in [-0.3, -0.25) is 10.1 Å². The van der Waals surface area contributed by atoms with E-state index < -0.39 is 10.9 Å². The minimum atomic E-state index is -0.617. The first-order valence-electron chi connectivity index (χ1n) is 7.39. The molecule has 2 aromatic rings. The molecule has 0 aliphatic carbocycles. The number of non-ortho nitro benzene ring substituents is 1. The summed E-state index contributed by atoms with van der Waals surface area (Å²) in [6.07, 6.45) is 2.44. The smallest absolute Gasteiger partial charge is 0.349 e. The lowest BCUT2D eigenvalue weighted by Gasteiger charge is -2.11. The number of esters is 1. The zero-order valence-electron chi connectivity index (χ0n) is 13.6. The van der Waals surface area contributed by atoms with Gasteiger partial charge in [0.05, 0.1) is 12.0 Å². The number of hydrogen-bond donors (Lipinski definition) is 0. The number of carbonyl (C=O) groups is 1. The molecule has 0 radical (unpaired) electrons. The van der Waals surface area contributed by atoms with Crippen molar-refractivity contribution < 1.29 is 23.9 Å². The molecular weight excluding hydrogens is 326 g/mol. The van der Waals surface area contributed by atoms with Crippen molar-refractivity contribution in [2.24, 2.45) is 0 Å². The molecule has 130 valence electrons. The molecule has 0 unspecified atom stereocenters. The van der Waals surface area contributed by atoms with Crippen LogP contribution in [0.15, 0.2) is 55.1 Å². The molecule has 2 aromatic carbocycles. The molecule has 7 heteroatoms. The minimum Gasteiger partial charge on any atom is -0.493 e. The molecule has 7 nitrogen and oxygen atoms in total. The number of nitro groups is 1. The fourth-order valence-electron chi connectivity index (χ4n) is 2.05. The SMILES string of the molecule is C=CCc1ccc(OC(=O)COc2ccc([N+](=O)[O-])cc2)c(OC)c1. The number of nitro benzene ring substituents is 1. The van der Waals surface area contributed by atoms with Gasteiger partial charge in [-0.2, -0.15) is 0 Å². The number of carbonyl (C=O) groups excluding carboxylic acids is 1. The van der Waals surface area contributed by atoms with Gasteiger partial charge < -0.3 is 14.2 Å². The van der Waals surface area contributed by atoms with Crippen molar-refractivity contribution >= 4 is 11.7 Å². The van der Waals surface area contributed by atoms with Crippen LogP contribution in [0.1, 0.15) is 5.56 Å². The number of rotatable bonds is 8. The van der Waals surface area contributed by atoms with Crippen LogP contribution in [0.25, 0.3) is 0 Å². The van der Waals surface area contributed by atoms with Gasteiger partial charge >= 0.3 is 5.97 Å². The molecule has 2 rings (SSSR count). The van der Waals surface area contributed by atoms with E-state index in [1.807, 2.05) is 6.07 Å². The lowest BCUT2D eigenvalue weighted by atomic mass is 10.1. The highest BCUT2D eigenvalue weighted by molar-refractivity contribution is 5.74. The molecule has 0 heterocycles. The summed E-state index contributed by atoms with van der Waals surface area (Å²) in [5, 5.41) is 10.6. The van der Waals surface area contributed by atoms with Crippen molar-refractivity contribution in [3.05, 3.63) is 70.8 Å². The van der Waals surface area contributed by atoms with Gasteiger partial charge in [-0.1, -0.05) is 12.1 Å². The van der Waals surface area contributed by atoms with E-state index in [-0.39, 0.29) is 18.0 Å². The third-order valence-corrected chi connectivity index (χ3v) is 3.24. The normalized spacial score (nSPS) is 9.96. The molecular formula is C18H17NO6. The molecule has 0 fully saturated rings. The summed E-state index contributed by atoms with van der Waals surface area (Å²) in [4.78, 5) is 22.0. The summed E-state index contributed by atoms with van der Waals surface area (Å²) in [6.45, 7) is 3.33. The highest BCUT2D eigenvalue weighted by Gasteiger charge is 2.12. The maximum atomic E-state index is 11.9. The molecule has 0 aliphatic rings. The largest absolute Gasteiger partial charge is 0.493 e. The Labute approximate surface area is 144 Å². The van der Waals surface area contributed by atoms with Crippen LogP contribution in [-0.4, -0.2) is 24.6 Å². The molecule has 0 aliphatic heterocycles. The molecule has 0 N–H and O–H groups in total. The first-order valence-corrected chi connectivity index (χ1v) is 7.39. The number of methoxy groups -OCH3 is 1. The lowest BCUT2D eigenvalue weighted by Crippen LogP contribution is -2.18. The Kier molecular flexibility index (Phi) is 6.11. The number of nitrogens with zero attached hydrogens (tertiary/aromatic N) is 1. The third kappa shape index (κ3) is 5.07. The minimum absolute atomic E-state index is 0.0562. The summed E-state index contributed by atoms with van der Waals surface area (Å²) in [5.74, 6) is 0.430. The molecule has 0 spiro atoms. The Morgan fingerprint density at radius 2 is 1.92 bits per heavy atom. The molecule has 25 heavy (non-hydrogen) atoms. The molecule has 0 saturated heterocycles. The van der Waals surface area contributed by atoms with Gasteiger partial charge in [0.25, 0.3) is 5.69 Å². The van der Waals surface area contributed by atoms with E-state index in [9.17, 15) is 14.9 Å². The molecule has 0 atom stereocenters. The van der Waals surface area contributed by atoms with Crippen LogP contribution in [-0.2, 0) is 11.2 Å². The summed E-state index contributed by atoms with van der Waals surface area (Å²) in [7, 11) is 1.48. The second-order valence-electron chi connectivity index (χ2n) is 4.99. The second-order valence-corrected chi connectivity index (χ2v) is 4.99. The van der Waals surface area contributed by atoms with Gasteiger partial charge in [0.2, 0.25) is 0 Å². The van der Waals surface area contributed by atoms with Crippen molar-refractivity contribution in [3.8, 4) is 17.2 Å². The Morgan fingerprint density at radius 1 is 1.20 bits per heavy atom. The monoisotopic (exact) mass is 343 g/mol. The average Bonchev–Trinajstić information content (AvgIpc) is 2.61. The zero-order chi connectivity index (χ0) is 18.2. The van der Waals surface area contributed by atoms with Crippen LogP contribution < -0.4 is 14.2 Å². The summed E-state index contributed by atoms with van der Waals surface area (Å²) >= 11 is 0. The van der Waals surface area contributed by atoms with Crippen molar-refractivity contribution in [2.45, 2.75) is 6.42 Å². The van der Waals surface area contributed by atoms with Crippen molar-refractivity contribution in [3.63, 3.8) is 0 Å². The Morgan fingerprint density at radius 3 is 2.52 bits per heavy atom. The van der Waals surface area contributed by atoms with Crippen LogP contribution in [0.4, 0.5) is 5.69 Å². The topological polar surface area (TPSA) is 87.9 Å². The predicted octanol–water partition coefficient (Wildman–Crippen LogP) is 3.32. The van der Waals surface area contributed by atoms with Crippen LogP contribution in [0.3, 0.4) is 0 Å². The third-order valence-electron chi connectivity index (χ3n) is 3.24. The van der Waals surface area contributed by atoms with Crippen LogP contribution in [0.5, 0.6) is 17.2 Å². The van der Waals surface area contributed by atoms with Crippen molar-refractivity contribution in [2.75, 3.05) is 13.7 Å². The number of hydrogen-bond acceptors (Lipinski definition) is 6. The van der Waals surface area contributed by atoms with Crippen LogP contribution >= 0.6 is 0 Å². The maximum Gasteiger partial charge on any atom is 0.349 e. The maximum absolute atomic E-state index is 11.9. The van der Waals surface area contributed by atoms with E-state index >= 15 is 0 Å². The predicted molar refractivity (Wildman–Crippen MR) is 91.1 cm³/mol. The van der Waals surface area contributed by atoms with Crippen LogP contribution in [0, 0.1) is 10.1 Å². The van der Waals surface area contributed by atoms with E-state index in [0.29, 0.717) is 17.9 Å². The first-order chi connectivity index (χ1) is 12.0. The summed E-state index contributed by atoms with van der Waals surface area (Å²) < 4.78 is 15.7. The van der Waals surface area contributed by atoms with E-state index in [1.165, 1.54) is 31.4 Å². The average molecular weight is 343 g/mol. The first kappa shape index (κ1) is 18.0. The lowest BCUT2D eigenvalue weighted by molar-refractivity contribution is -0.384. The standard InChI is InChI=1S/C18H17NO6/c1-3-4-13-5-10-16(17(11-13)23-2)25-18(20)12-24-15-8-6-14(7-9-15)19(21)22/h3,5-11H,1,4,12H2,2H3. The Hall–Kier alpha value is -3.35. The molecule has 0 aromatic heterocycles. The molecule has 0 amide bonds. The van der Waals surface area contributed by atoms with Gasteiger partial charge in [-0.15, -0.1) is 6.58 Å². The molecule has 0 bridgehead atoms. The van der Waals surface area contributed by atoms with Crippen LogP contribution in [0.2, 0.25) is 0 Å². The van der Waals surface area contributed by atoms with E-state index in [1.54, 1.807) is 18.2 Å². The van der Waals surface area contributed by atoms with Gasteiger partial charge in [0.1, 0.15) is 5.75 Å². The highest BCUT2D eigenvalue weighted by atomic mass is 16.6. The van der Waals surface area contributed by atoms with Crippen molar-refractivity contribution in [1.29, 1.82) is 0 Å². The zero-order valence-corrected chi connectivity index (χ0v) is 13.6. The quantitative estimate of drug-likeness (QED) is 0.240. The summed E-state index contributed by atoms with van der Waals surface area (Å²) in [6, 6.07) is 10.6. The Bertz CT molecular complexity index is 770. The van der Waals surface area contributed by atoms with Gasteiger partial charge in [0, 0.05) is 12.1 Å². The van der Waals surface area contributed by atoms with Gasteiger partial charge in [0.15, 0.2) is 18.1 Å².